The van der Waals surface area contributed by atoms with Gasteiger partial charge in [-0.2, -0.15) is 0 Å². The van der Waals surface area contributed by atoms with Crippen LogP contribution in [-0.4, -0.2) is 15.0 Å². The van der Waals surface area contributed by atoms with Crippen molar-refractivity contribution in [1.29, 1.82) is 0 Å². The lowest BCUT2D eigenvalue weighted by molar-refractivity contribution is -0.384. The smallest absolute Gasteiger partial charge is 0.269 e. The number of nitro benzene ring substituents is 1. The van der Waals surface area contributed by atoms with Crippen molar-refractivity contribution in [2.75, 3.05) is 5.32 Å². The number of anilines is 1. The monoisotopic (exact) mass is 288 g/mol. The highest BCUT2D eigenvalue weighted by atomic mass is 32.1. The van der Waals surface area contributed by atoms with E-state index in [1.54, 1.807) is 24.5 Å². The minimum absolute atomic E-state index is 0.0461. The molecule has 1 aromatic heterocycles. The third-order valence-electron chi connectivity index (χ3n) is 2.51. The Hall–Kier alpha value is -2.54. The van der Waals surface area contributed by atoms with Crippen molar-refractivity contribution in [3.05, 3.63) is 64.5 Å². The number of thiocarbonyl (C=S) groups is 1. The Balaban J connectivity index is 1.86. The molecule has 2 aromatic rings. The first-order valence-electron chi connectivity index (χ1n) is 5.83. The minimum atomic E-state index is -0.442. The van der Waals surface area contributed by atoms with Gasteiger partial charge in [0.1, 0.15) is 0 Å². The number of non-ortho nitro benzene ring substituents is 1. The van der Waals surface area contributed by atoms with Crippen LogP contribution in [-0.2, 0) is 6.54 Å². The molecule has 102 valence electrons. The maximum Gasteiger partial charge on any atom is 0.269 e. The number of rotatable bonds is 4. The van der Waals surface area contributed by atoms with Crippen LogP contribution >= 0.6 is 12.2 Å². The molecule has 7 heteroatoms. The van der Waals surface area contributed by atoms with E-state index in [-0.39, 0.29) is 5.69 Å². The molecule has 0 atom stereocenters. The fraction of sp³-hybridized carbons (Fsp3) is 0.0769. The molecule has 1 aromatic carbocycles. The lowest BCUT2D eigenvalue weighted by atomic mass is 10.3. The number of pyridine rings is 1. The molecule has 2 N–H and O–H groups in total. The SMILES string of the molecule is O=[N+]([O-])c1ccc(NC(=S)NCc2cccnc2)cc1. The predicted octanol–water partition coefficient (Wildman–Crippen LogP) is 2.48. The highest BCUT2D eigenvalue weighted by Gasteiger charge is 2.04. The summed E-state index contributed by atoms with van der Waals surface area (Å²) in [4.78, 5) is 14.1. The van der Waals surface area contributed by atoms with Gasteiger partial charge in [0, 0.05) is 36.8 Å². The lowest BCUT2D eigenvalue weighted by Crippen LogP contribution is -2.27. The van der Waals surface area contributed by atoms with Gasteiger partial charge in [0.25, 0.3) is 5.69 Å². The van der Waals surface area contributed by atoms with Crippen molar-refractivity contribution in [3.63, 3.8) is 0 Å². The highest BCUT2D eigenvalue weighted by Crippen LogP contribution is 2.15. The summed E-state index contributed by atoms with van der Waals surface area (Å²) < 4.78 is 0. The van der Waals surface area contributed by atoms with Crippen LogP contribution in [0.4, 0.5) is 11.4 Å². The van der Waals surface area contributed by atoms with E-state index >= 15 is 0 Å². The Morgan fingerprint density at radius 1 is 1.30 bits per heavy atom. The lowest BCUT2D eigenvalue weighted by Gasteiger charge is -2.10. The van der Waals surface area contributed by atoms with E-state index in [1.165, 1.54) is 12.1 Å². The number of hydrogen-bond donors (Lipinski definition) is 2. The van der Waals surface area contributed by atoms with Gasteiger partial charge in [0.15, 0.2) is 5.11 Å². The summed E-state index contributed by atoms with van der Waals surface area (Å²) in [6, 6.07) is 9.85. The first kappa shape index (κ1) is 13.9. The summed E-state index contributed by atoms with van der Waals surface area (Å²) in [6.07, 6.45) is 3.46. The molecule has 0 spiro atoms. The fourth-order valence-corrected chi connectivity index (χ4v) is 1.72. The van der Waals surface area contributed by atoms with Gasteiger partial charge >= 0.3 is 0 Å². The van der Waals surface area contributed by atoms with Crippen molar-refractivity contribution in [1.82, 2.24) is 10.3 Å². The van der Waals surface area contributed by atoms with Crippen molar-refractivity contribution in [2.45, 2.75) is 6.54 Å². The number of aromatic nitrogens is 1. The van der Waals surface area contributed by atoms with E-state index in [2.05, 4.69) is 15.6 Å². The molecule has 0 saturated heterocycles. The summed E-state index contributed by atoms with van der Waals surface area (Å²) in [5.41, 5.74) is 1.75. The first-order valence-corrected chi connectivity index (χ1v) is 6.24. The van der Waals surface area contributed by atoms with Crippen LogP contribution in [0.25, 0.3) is 0 Å². The van der Waals surface area contributed by atoms with Gasteiger partial charge in [-0.1, -0.05) is 6.07 Å². The van der Waals surface area contributed by atoms with Gasteiger partial charge in [-0.3, -0.25) is 15.1 Å². The molecule has 0 saturated carbocycles. The Morgan fingerprint density at radius 3 is 2.65 bits per heavy atom. The second kappa shape index (κ2) is 6.58. The molecule has 6 nitrogen and oxygen atoms in total. The molecule has 0 aliphatic heterocycles. The second-order valence-corrected chi connectivity index (χ2v) is 4.38. The van der Waals surface area contributed by atoms with Gasteiger partial charge < -0.3 is 10.6 Å². The molecular weight excluding hydrogens is 276 g/mol. The van der Waals surface area contributed by atoms with Crippen LogP contribution in [0.5, 0.6) is 0 Å². The molecule has 0 unspecified atom stereocenters. The molecule has 0 aliphatic carbocycles. The van der Waals surface area contributed by atoms with E-state index in [0.29, 0.717) is 17.3 Å². The highest BCUT2D eigenvalue weighted by molar-refractivity contribution is 7.80. The summed E-state index contributed by atoms with van der Waals surface area (Å²) >= 11 is 5.14. The van der Waals surface area contributed by atoms with Crippen LogP contribution in [0.3, 0.4) is 0 Å². The van der Waals surface area contributed by atoms with Crippen LogP contribution < -0.4 is 10.6 Å². The van der Waals surface area contributed by atoms with Crippen LogP contribution in [0, 0.1) is 10.1 Å². The third-order valence-corrected chi connectivity index (χ3v) is 2.76. The Bertz CT molecular complexity index is 602. The van der Waals surface area contributed by atoms with Crippen molar-refractivity contribution < 1.29 is 4.92 Å². The van der Waals surface area contributed by atoms with Crippen LogP contribution in [0.15, 0.2) is 48.8 Å². The number of benzene rings is 1. The number of nitro groups is 1. The fourth-order valence-electron chi connectivity index (χ4n) is 1.53. The van der Waals surface area contributed by atoms with E-state index in [0.717, 1.165) is 5.56 Å². The molecule has 20 heavy (non-hydrogen) atoms. The topological polar surface area (TPSA) is 80.1 Å². The van der Waals surface area contributed by atoms with Crippen molar-refractivity contribution in [3.8, 4) is 0 Å². The third kappa shape index (κ3) is 3.99. The first-order chi connectivity index (χ1) is 9.65. The van der Waals surface area contributed by atoms with E-state index in [9.17, 15) is 10.1 Å². The van der Waals surface area contributed by atoms with Gasteiger partial charge in [-0.05, 0) is 36.0 Å². The van der Waals surface area contributed by atoms with Gasteiger partial charge in [-0.15, -0.1) is 0 Å². The van der Waals surface area contributed by atoms with Crippen LogP contribution in [0.2, 0.25) is 0 Å². The summed E-state index contributed by atoms with van der Waals surface area (Å²) in [5.74, 6) is 0. The average molecular weight is 288 g/mol. The van der Waals surface area contributed by atoms with Crippen molar-refractivity contribution in [2.24, 2.45) is 0 Å². The summed E-state index contributed by atoms with van der Waals surface area (Å²) in [6.45, 7) is 0.562. The maximum absolute atomic E-state index is 10.5. The average Bonchev–Trinajstić information content (AvgIpc) is 2.47. The molecule has 2 rings (SSSR count). The van der Waals surface area contributed by atoms with E-state index in [4.69, 9.17) is 12.2 Å². The van der Waals surface area contributed by atoms with Gasteiger partial charge in [-0.25, -0.2) is 0 Å². The number of nitrogens with zero attached hydrogens (tertiary/aromatic N) is 2. The maximum atomic E-state index is 10.5. The van der Waals surface area contributed by atoms with Gasteiger partial charge in [0.2, 0.25) is 0 Å². The van der Waals surface area contributed by atoms with Gasteiger partial charge in [0.05, 0.1) is 4.92 Å². The minimum Gasteiger partial charge on any atom is -0.358 e. The molecule has 0 aliphatic rings. The quantitative estimate of drug-likeness (QED) is 0.511. The largest absolute Gasteiger partial charge is 0.358 e. The van der Waals surface area contributed by atoms with Crippen LogP contribution in [0.1, 0.15) is 5.56 Å². The van der Waals surface area contributed by atoms with Crippen molar-refractivity contribution >= 4 is 28.7 Å². The van der Waals surface area contributed by atoms with E-state index < -0.39 is 4.92 Å². The molecule has 0 bridgehead atoms. The molecule has 0 radical (unpaired) electrons. The molecule has 0 amide bonds. The zero-order valence-electron chi connectivity index (χ0n) is 10.4. The summed E-state index contributed by atoms with van der Waals surface area (Å²) in [5, 5.41) is 17.0. The zero-order chi connectivity index (χ0) is 14.4. The Labute approximate surface area is 121 Å². The predicted molar refractivity (Wildman–Crippen MR) is 80.4 cm³/mol. The molecular formula is C13H12N4O2S. The molecule has 1 heterocycles. The standard InChI is InChI=1S/C13H12N4O2S/c18-17(19)12-5-3-11(4-6-12)16-13(20)15-9-10-2-1-7-14-8-10/h1-8H,9H2,(H2,15,16,20). The number of nitrogens with one attached hydrogen (secondary N) is 2. The Morgan fingerprint density at radius 2 is 2.05 bits per heavy atom. The Kier molecular flexibility index (Phi) is 4.56. The second-order valence-electron chi connectivity index (χ2n) is 3.97. The number of hydrogen-bond acceptors (Lipinski definition) is 4. The summed E-state index contributed by atoms with van der Waals surface area (Å²) in [7, 11) is 0. The van der Waals surface area contributed by atoms with E-state index in [1.807, 2.05) is 12.1 Å². The molecule has 0 fully saturated rings. The normalized spacial score (nSPS) is 9.80. The zero-order valence-corrected chi connectivity index (χ0v) is 11.3.